The van der Waals surface area contributed by atoms with E-state index in [1.165, 1.54) is 12.1 Å². The van der Waals surface area contributed by atoms with Crippen LogP contribution in [-0.2, 0) is 4.79 Å². The zero-order chi connectivity index (χ0) is 22.2. The van der Waals surface area contributed by atoms with Gasteiger partial charge in [0.1, 0.15) is 23.4 Å². The lowest BCUT2D eigenvalue weighted by atomic mass is 10.00. The lowest BCUT2D eigenvalue weighted by molar-refractivity contribution is -0.113. The molecular weight excluding hydrogens is 411 g/mol. The Kier molecular flexibility index (Phi) is 4.78. The summed E-state index contributed by atoms with van der Waals surface area (Å²) < 4.78 is 20.9. The number of halogens is 1. The molecule has 0 spiro atoms. The number of nitrogens with one attached hydrogen (secondary N) is 2. The molecule has 0 saturated carbocycles. The smallest absolute Gasteiger partial charge is 0.256 e. The molecule has 1 aliphatic heterocycles. The van der Waals surface area contributed by atoms with Crippen LogP contribution in [0.3, 0.4) is 0 Å². The molecule has 2 N–H and O–H groups in total. The summed E-state index contributed by atoms with van der Waals surface area (Å²) in [6.07, 6.45) is 3.21. The van der Waals surface area contributed by atoms with Gasteiger partial charge in [-0.15, -0.1) is 5.10 Å². The molecule has 8 nitrogen and oxygen atoms in total. The Morgan fingerprint density at radius 3 is 2.66 bits per heavy atom. The fourth-order valence-electron chi connectivity index (χ4n) is 3.66. The second kappa shape index (κ2) is 7.77. The average molecular weight is 430 g/mol. The number of amides is 1. The molecule has 4 heterocycles. The molecular formula is C23H19FN6O2. The third-order valence-corrected chi connectivity index (χ3v) is 5.15. The highest BCUT2D eigenvalue weighted by molar-refractivity contribution is 6.05. The van der Waals surface area contributed by atoms with Crippen LogP contribution in [0, 0.1) is 12.7 Å². The van der Waals surface area contributed by atoms with Gasteiger partial charge >= 0.3 is 0 Å². The first-order valence-electron chi connectivity index (χ1n) is 9.97. The van der Waals surface area contributed by atoms with Crippen molar-refractivity contribution in [3.63, 3.8) is 0 Å². The SMILES string of the molecule is CC1=C(C(=O)Nc2cccnc2)C(c2ccc(C)o2)n2nc(-c3ccc(F)cc3)nc2N1. The van der Waals surface area contributed by atoms with Gasteiger partial charge in [-0.1, -0.05) is 0 Å². The number of hydrogen-bond donors (Lipinski definition) is 2. The number of aromatic nitrogens is 4. The topological polar surface area (TPSA) is 97.9 Å². The molecule has 1 aliphatic rings. The number of hydrogen-bond acceptors (Lipinski definition) is 6. The second-order valence-corrected chi connectivity index (χ2v) is 7.42. The first kappa shape index (κ1) is 19.7. The van der Waals surface area contributed by atoms with E-state index in [4.69, 9.17) is 4.42 Å². The Balaban J connectivity index is 1.59. The highest BCUT2D eigenvalue weighted by atomic mass is 19.1. The number of benzene rings is 1. The van der Waals surface area contributed by atoms with Crippen LogP contribution in [0.25, 0.3) is 11.4 Å². The van der Waals surface area contributed by atoms with Crippen LogP contribution in [0.15, 0.2) is 76.6 Å². The average Bonchev–Trinajstić information content (AvgIpc) is 3.40. The maximum Gasteiger partial charge on any atom is 0.256 e. The summed E-state index contributed by atoms with van der Waals surface area (Å²) in [5.41, 5.74) is 2.29. The normalized spacial score (nSPS) is 15.3. The van der Waals surface area contributed by atoms with Crippen LogP contribution in [0.2, 0.25) is 0 Å². The number of fused-ring (bicyclic) bond motifs is 1. The van der Waals surface area contributed by atoms with Gasteiger partial charge in [-0.3, -0.25) is 9.78 Å². The summed E-state index contributed by atoms with van der Waals surface area (Å²) in [6.45, 7) is 3.64. The summed E-state index contributed by atoms with van der Waals surface area (Å²) in [4.78, 5) is 21.9. The number of furan rings is 1. The molecule has 1 aromatic carbocycles. The molecule has 32 heavy (non-hydrogen) atoms. The molecule has 0 fully saturated rings. The minimum atomic E-state index is -0.640. The van der Waals surface area contributed by atoms with Gasteiger partial charge < -0.3 is 15.1 Å². The quantitative estimate of drug-likeness (QED) is 0.501. The van der Waals surface area contributed by atoms with Crippen molar-refractivity contribution in [1.82, 2.24) is 19.7 Å². The monoisotopic (exact) mass is 430 g/mol. The van der Waals surface area contributed by atoms with E-state index in [0.29, 0.717) is 45.8 Å². The highest BCUT2D eigenvalue weighted by Crippen LogP contribution is 2.37. The molecule has 0 aliphatic carbocycles. The molecule has 4 aromatic rings. The Hall–Kier alpha value is -4.27. The number of pyridine rings is 1. The number of aryl methyl sites for hydroxylation is 1. The first-order chi connectivity index (χ1) is 15.5. The van der Waals surface area contributed by atoms with Crippen LogP contribution in [-0.4, -0.2) is 25.7 Å². The van der Waals surface area contributed by atoms with Crippen molar-refractivity contribution in [3.8, 4) is 11.4 Å². The molecule has 5 rings (SSSR count). The van der Waals surface area contributed by atoms with Crippen LogP contribution in [0.4, 0.5) is 16.0 Å². The fraction of sp³-hybridized carbons (Fsp3) is 0.130. The molecule has 1 atom stereocenters. The second-order valence-electron chi connectivity index (χ2n) is 7.42. The number of anilines is 2. The standard InChI is InChI=1S/C23H19FN6O2/c1-13-5-10-18(32-13)20-19(22(31)27-17-4-3-11-25-12-17)14(2)26-23-28-21(29-30(20)23)15-6-8-16(24)9-7-15/h3-12,20H,1-2H3,(H,27,31)(H,26,28,29). The van der Waals surface area contributed by atoms with Crippen LogP contribution in [0.5, 0.6) is 0 Å². The third-order valence-electron chi connectivity index (χ3n) is 5.15. The van der Waals surface area contributed by atoms with Crippen molar-refractivity contribution >= 4 is 17.5 Å². The maximum absolute atomic E-state index is 13.4. The summed E-state index contributed by atoms with van der Waals surface area (Å²) in [7, 11) is 0. The summed E-state index contributed by atoms with van der Waals surface area (Å²) in [5.74, 6) is 1.47. The van der Waals surface area contributed by atoms with Gasteiger partial charge in [-0.25, -0.2) is 9.07 Å². The zero-order valence-corrected chi connectivity index (χ0v) is 17.3. The lowest BCUT2D eigenvalue weighted by Crippen LogP contribution is -2.31. The van der Waals surface area contributed by atoms with Crippen molar-refractivity contribution in [2.45, 2.75) is 19.9 Å². The number of allylic oxidation sites excluding steroid dienone is 1. The number of nitrogens with zero attached hydrogens (tertiary/aromatic N) is 4. The highest BCUT2D eigenvalue weighted by Gasteiger charge is 2.36. The van der Waals surface area contributed by atoms with Gasteiger partial charge in [-0.05, 0) is 62.4 Å². The van der Waals surface area contributed by atoms with Crippen LogP contribution >= 0.6 is 0 Å². The minimum absolute atomic E-state index is 0.313. The van der Waals surface area contributed by atoms with E-state index in [1.807, 2.05) is 19.1 Å². The fourth-order valence-corrected chi connectivity index (χ4v) is 3.66. The van der Waals surface area contributed by atoms with Gasteiger partial charge in [0.05, 0.1) is 17.5 Å². The maximum atomic E-state index is 13.4. The number of rotatable bonds is 4. The molecule has 0 radical (unpaired) electrons. The zero-order valence-electron chi connectivity index (χ0n) is 17.3. The molecule has 0 saturated heterocycles. The predicted molar refractivity (Wildman–Crippen MR) is 116 cm³/mol. The van der Waals surface area contributed by atoms with Crippen molar-refractivity contribution in [2.24, 2.45) is 0 Å². The van der Waals surface area contributed by atoms with Crippen molar-refractivity contribution < 1.29 is 13.6 Å². The van der Waals surface area contributed by atoms with E-state index in [9.17, 15) is 9.18 Å². The molecule has 1 unspecified atom stereocenters. The van der Waals surface area contributed by atoms with E-state index in [0.717, 1.165) is 0 Å². The summed E-state index contributed by atoms with van der Waals surface area (Å²) in [5, 5.41) is 10.7. The van der Waals surface area contributed by atoms with E-state index >= 15 is 0 Å². The lowest BCUT2D eigenvalue weighted by Gasteiger charge is -2.27. The van der Waals surface area contributed by atoms with Crippen molar-refractivity contribution in [3.05, 3.63) is 89.5 Å². The number of carbonyl (C=O) groups is 1. The third kappa shape index (κ3) is 3.53. The summed E-state index contributed by atoms with van der Waals surface area (Å²) in [6, 6.07) is 12.4. The first-order valence-corrected chi connectivity index (χ1v) is 9.97. The van der Waals surface area contributed by atoms with E-state index in [1.54, 1.807) is 48.3 Å². The Morgan fingerprint density at radius 1 is 1.16 bits per heavy atom. The van der Waals surface area contributed by atoms with Gasteiger partial charge in [-0.2, -0.15) is 4.98 Å². The van der Waals surface area contributed by atoms with E-state index in [-0.39, 0.29) is 11.7 Å². The Labute approximate surface area is 182 Å². The van der Waals surface area contributed by atoms with Crippen LogP contribution in [0.1, 0.15) is 24.5 Å². The van der Waals surface area contributed by atoms with Crippen LogP contribution < -0.4 is 10.6 Å². The minimum Gasteiger partial charge on any atom is -0.464 e. The van der Waals surface area contributed by atoms with Crippen molar-refractivity contribution in [2.75, 3.05) is 10.6 Å². The Morgan fingerprint density at radius 2 is 1.97 bits per heavy atom. The molecule has 160 valence electrons. The van der Waals surface area contributed by atoms with E-state index < -0.39 is 6.04 Å². The summed E-state index contributed by atoms with van der Waals surface area (Å²) >= 11 is 0. The predicted octanol–water partition coefficient (Wildman–Crippen LogP) is 4.31. The largest absolute Gasteiger partial charge is 0.464 e. The van der Waals surface area contributed by atoms with Crippen molar-refractivity contribution in [1.29, 1.82) is 0 Å². The van der Waals surface area contributed by atoms with Gasteiger partial charge in [0, 0.05) is 17.5 Å². The van der Waals surface area contributed by atoms with Gasteiger partial charge in [0.2, 0.25) is 5.95 Å². The molecule has 9 heteroatoms. The molecule has 3 aromatic heterocycles. The van der Waals surface area contributed by atoms with Gasteiger partial charge in [0.25, 0.3) is 5.91 Å². The number of carbonyl (C=O) groups excluding carboxylic acids is 1. The molecule has 1 amide bonds. The van der Waals surface area contributed by atoms with Gasteiger partial charge in [0.15, 0.2) is 5.82 Å². The molecule has 0 bridgehead atoms. The Bertz CT molecular complexity index is 1320. The van der Waals surface area contributed by atoms with E-state index in [2.05, 4.69) is 25.7 Å².